The van der Waals surface area contributed by atoms with E-state index in [0.29, 0.717) is 24.6 Å². The lowest BCUT2D eigenvalue weighted by Crippen LogP contribution is -2.38. The minimum atomic E-state index is 0.609. The monoisotopic (exact) mass is 431 g/mol. The van der Waals surface area contributed by atoms with Crippen molar-refractivity contribution in [3.05, 3.63) is 65.9 Å². The molecule has 0 atom stereocenters. The number of benzene rings is 1. The number of hydrogen-bond donors (Lipinski definition) is 0. The fourth-order valence-corrected chi connectivity index (χ4v) is 3.70. The molecule has 1 aliphatic rings. The Kier molecular flexibility index (Phi) is 6.00. The summed E-state index contributed by atoms with van der Waals surface area (Å²) in [6, 6.07) is 12.0. The molecule has 1 fully saturated rings. The van der Waals surface area contributed by atoms with E-state index in [-0.39, 0.29) is 0 Å². The van der Waals surface area contributed by atoms with E-state index in [4.69, 9.17) is 9.47 Å². The van der Waals surface area contributed by atoms with Crippen LogP contribution in [0.4, 0.5) is 0 Å². The molecule has 0 radical (unpaired) electrons. The van der Waals surface area contributed by atoms with Crippen molar-refractivity contribution in [3.63, 3.8) is 0 Å². The average molecular weight is 432 g/mol. The highest BCUT2D eigenvalue weighted by Gasteiger charge is 2.11. The van der Waals surface area contributed by atoms with Crippen molar-refractivity contribution in [3.8, 4) is 17.1 Å². The van der Waals surface area contributed by atoms with Gasteiger partial charge in [-0.3, -0.25) is 4.90 Å². The van der Waals surface area contributed by atoms with Gasteiger partial charge in [-0.05, 0) is 30.7 Å². The number of ether oxygens (including phenoxy) is 2. The summed E-state index contributed by atoms with van der Waals surface area (Å²) in [4.78, 5) is 11.3. The summed E-state index contributed by atoms with van der Waals surface area (Å²) in [6.07, 6.45) is 4.08. The van der Waals surface area contributed by atoms with Crippen LogP contribution in [0.25, 0.3) is 17.0 Å². The molecule has 0 unspecified atom stereocenters. The Bertz CT molecular complexity index is 1190. The SMILES string of the molecule is Cc1ccc2nnc(Cc3cccc(-c4ncc(OCCN5CCOCC5)cn4)c3)n2n1. The molecule has 0 bridgehead atoms. The highest BCUT2D eigenvalue weighted by Crippen LogP contribution is 2.19. The summed E-state index contributed by atoms with van der Waals surface area (Å²) in [5.74, 6) is 2.13. The third-order valence-corrected chi connectivity index (χ3v) is 5.42. The van der Waals surface area contributed by atoms with Crippen LogP contribution < -0.4 is 4.74 Å². The Morgan fingerprint density at radius 3 is 2.72 bits per heavy atom. The standard InChI is InChI=1S/C23H25N7O2/c1-17-5-6-21-26-27-22(30(21)28-17)14-18-3-2-4-19(13-18)23-24-15-20(16-25-23)32-12-9-29-7-10-31-11-8-29/h2-6,13,15-16H,7-12,14H2,1H3. The minimum Gasteiger partial charge on any atom is -0.489 e. The number of fused-ring (bicyclic) bond motifs is 1. The van der Waals surface area contributed by atoms with Gasteiger partial charge < -0.3 is 9.47 Å². The lowest BCUT2D eigenvalue weighted by atomic mass is 10.1. The number of aryl methyl sites for hydroxylation is 1. The molecule has 9 heteroatoms. The largest absolute Gasteiger partial charge is 0.489 e. The summed E-state index contributed by atoms with van der Waals surface area (Å²) in [5, 5.41) is 13.0. The number of aromatic nitrogens is 6. The van der Waals surface area contributed by atoms with Crippen molar-refractivity contribution in [2.75, 3.05) is 39.5 Å². The van der Waals surface area contributed by atoms with E-state index in [0.717, 1.165) is 61.1 Å². The summed E-state index contributed by atoms with van der Waals surface area (Å²) < 4.78 is 13.0. The van der Waals surface area contributed by atoms with Crippen molar-refractivity contribution in [2.24, 2.45) is 0 Å². The summed E-state index contributed by atoms with van der Waals surface area (Å²) in [6.45, 7) is 6.93. The second-order valence-corrected chi connectivity index (χ2v) is 7.78. The van der Waals surface area contributed by atoms with Gasteiger partial charge in [0.05, 0.1) is 31.3 Å². The first-order valence-corrected chi connectivity index (χ1v) is 10.8. The van der Waals surface area contributed by atoms with Gasteiger partial charge in [-0.15, -0.1) is 10.2 Å². The molecular weight excluding hydrogens is 406 g/mol. The quantitative estimate of drug-likeness (QED) is 0.440. The first kappa shape index (κ1) is 20.5. The van der Waals surface area contributed by atoms with Crippen LogP contribution in [0.15, 0.2) is 48.8 Å². The van der Waals surface area contributed by atoms with Crippen molar-refractivity contribution in [1.82, 2.24) is 34.7 Å². The third kappa shape index (κ3) is 4.74. The first-order valence-electron chi connectivity index (χ1n) is 10.8. The van der Waals surface area contributed by atoms with Crippen LogP contribution >= 0.6 is 0 Å². The van der Waals surface area contributed by atoms with Gasteiger partial charge in [-0.1, -0.05) is 18.2 Å². The van der Waals surface area contributed by atoms with E-state index >= 15 is 0 Å². The minimum absolute atomic E-state index is 0.609. The van der Waals surface area contributed by atoms with Gasteiger partial charge in [0.1, 0.15) is 6.61 Å². The number of nitrogens with zero attached hydrogens (tertiary/aromatic N) is 7. The predicted octanol–water partition coefficient (Wildman–Crippen LogP) is 2.19. The maximum Gasteiger partial charge on any atom is 0.177 e. The Morgan fingerprint density at radius 2 is 1.88 bits per heavy atom. The molecule has 0 amide bonds. The molecule has 1 aliphatic heterocycles. The van der Waals surface area contributed by atoms with Crippen LogP contribution in [0.3, 0.4) is 0 Å². The van der Waals surface area contributed by atoms with Gasteiger partial charge in [0.15, 0.2) is 23.0 Å². The summed E-state index contributed by atoms with van der Waals surface area (Å²) in [7, 11) is 0. The smallest absolute Gasteiger partial charge is 0.177 e. The van der Waals surface area contributed by atoms with Gasteiger partial charge in [0.25, 0.3) is 0 Å². The highest BCUT2D eigenvalue weighted by molar-refractivity contribution is 5.56. The molecule has 1 saturated heterocycles. The van der Waals surface area contributed by atoms with Crippen molar-refractivity contribution in [2.45, 2.75) is 13.3 Å². The van der Waals surface area contributed by atoms with Crippen LogP contribution in [0, 0.1) is 6.92 Å². The first-order chi connectivity index (χ1) is 15.7. The molecule has 0 spiro atoms. The van der Waals surface area contributed by atoms with Crippen LogP contribution in [0.1, 0.15) is 17.1 Å². The highest BCUT2D eigenvalue weighted by atomic mass is 16.5. The van der Waals surface area contributed by atoms with Crippen molar-refractivity contribution < 1.29 is 9.47 Å². The van der Waals surface area contributed by atoms with Crippen LogP contribution in [0.2, 0.25) is 0 Å². The van der Waals surface area contributed by atoms with Gasteiger partial charge in [0.2, 0.25) is 0 Å². The molecule has 0 saturated carbocycles. The second kappa shape index (κ2) is 9.37. The maximum atomic E-state index is 5.81. The Hall–Kier alpha value is -3.43. The molecule has 4 aromatic rings. The van der Waals surface area contributed by atoms with Crippen molar-refractivity contribution in [1.29, 1.82) is 0 Å². The van der Waals surface area contributed by atoms with Crippen LogP contribution in [-0.4, -0.2) is 74.1 Å². The molecule has 9 nitrogen and oxygen atoms in total. The molecule has 32 heavy (non-hydrogen) atoms. The number of hydrogen-bond acceptors (Lipinski definition) is 8. The Balaban J connectivity index is 1.24. The zero-order chi connectivity index (χ0) is 21.8. The Morgan fingerprint density at radius 1 is 1.03 bits per heavy atom. The van der Waals surface area contributed by atoms with Gasteiger partial charge >= 0.3 is 0 Å². The van der Waals surface area contributed by atoms with Crippen LogP contribution in [0.5, 0.6) is 5.75 Å². The van der Waals surface area contributed by atoms with Crippen molar-refractivity contribution >= 4 is 5.65 Å². The predicted molar refractivity (Wildman–Crippen MR) is 119 cm³/mol. The normalized spacial score (nSPS) is 14.7. The lowest BCUT2D eigenvalue weighted by Gasteiger charge is -2.26. The fourth-order valence-electron chi connectivity index (χ4n) is 3.70. The van der Waals surface area contributed by atoms with E-state index in [2.05, 4.69) is 42.3 Å². The van der Waals surface area contributed by atoms with Gasteiger partial charge in [-0.2, -0.15) is 9.61 Å². The lowest BCUT2D eigenvalue weighted by molar-refractivity contribution is 0.0322. The zero-order valence-electron chi connectivity index (χ0n) is 18.0. The number of rotatable bonds is 7. The summed E-state index contributed by atoms with van der Waals surface area (Å²) in [5.41, 5.74) is 3.71. The third-order valence-electron chi connectivity index (χ3n) is 5.42. The fraction of sp³-hybridized carbons (Fsp3) is 0.348. The Labute approximate surface area is 186 Å². The maximum absolute atomic E-state index is 5.81. The molecule has 4 heterocycles. The molecule has 5 rings (SSSR count). The zero-order valence-corrected chi connectivity index (χ0v) is 18.0. The molecule has 0 N–H and O–H groups in total. The number of morpholine rings is 1. The van der Waals surface area contributed by atoms with E-state index in [9.17, 15) is 0 Å². The second-order valence-electron chi connectivity index (χ2n) is 7.78. The average Bonchev–Trinajstić information content (AvgIpc) is 3.22. The van der Waals surface area contributed by atoms with Gasteiger partial charge in [-0.25, -0.2) is 9.97 Å². The van der Waals surface area contributed by atoms with E-state index in [1.807, 2.05) is 31.2 Å². The topological polar surface area (TPSA) is 90.6 Å². The van der Waals surface area contributed by atoms with Gasteiger partial charge in [0, 0.05) is 31.6 Å². The molecule has 3 aromatic heterocycles. The van der Waals surface area contributed by atoms with Crippen LogP contribution in [-0.2, 0) is 11.2 Å². The van der Waals surface area contributed by atoms with E-state index in [1.54, 1.807) is 16.9 Å². The van der Waals surface area contributed by atoms with E-state index in [1.165, 1.54) is 0 Å². The molecule has 1 aromatic carbocycles. The molecular formula is C23H25N7O2. The van der Waals surface area contributed by atoms with E-state index < -0.39 is 0 Å². The molecule has 164 valence electrons. The summed E-state index contributed by atoms with van der Waals surface area (Å²) >= 11 is 0. The molecule has 0 aliphatic carbocycles.